The second-order valence-corrected chi connectivity index (χ2v) is 18.5. The number of benzene rings is 10. The van der Waals surface area contributed by atoms with Gasteiger partial charge in [0.1, 0.15) is 17.2 Å². The predicted octanol–water partition coefficient (Wildman–Crippen LogP) is 17.6. The third kappa shape index (κ3) is 6.02. The van der Waals surface area contributed by atoms with Gasteiger partial charge in [-0.15, -0.1) is 0 Å². The van der Waals surface area contributed by atoms with Crippen LogP contribution in [0.4, 0.5) is 34.6 Å². The van der Waals surface area contributed by atoms with Crippen molar-refractivity contribution in [2.45, 2.75) is 10.8 Å². The van der Waals surface area contributed by atoms with Crippen LogP contribution in [0.25, 0.3) is 56.3 Å². The van der Waals surface area contributed by atoms with E-state index in [-0.39, 0.29) is 5.56 Å². The normalized spacial score (nSPS) is 16.3. The molecule has 1 aromatic heterocycles. The fourth-order valence-corrected chi connectivity index (χ4v) is 12.0. The Hall–Kier alpha value is -9.00. The fraction of sp³-hybridized carbons (Fsp3) is 0.0303. The molecule has 0 spiro atoms. The van der Waals surface area contributed by atoms with Gasteiger partial charge in [0.05, 0.1) is 16.5 Å². The molecule has 0 saturated heterocycles. The van der Waals surface area contributed by atoms with Crippen molar-refractivity contribution in [3.63, 3.8) is 0 Å². The van der Waals surface area contributed by atoms with Crippen molar-refractivity contribution in [2.24, 2.45) is 0 Å². The topological polar surface area (TPSA) is 16.4 Å². The van der Waals surface area contributed by atoms with Gasteiger partial charge in [-0.1, -0.05) is 183 Å². The third-order valence-corrected chi connectivity index (χ3v) is 15.0. The molecule has 2 aliphatic rings. The lowest BCUT2D eigenvalue weighted by Gasteiger charge is -2.36. The number of fused-ring (bicyclic) bond motifs is 9. The summed E-state index contributed by atoms with van der Waals surface area (Å²) in [5.41, 5.74) is 11.4. The summed E-state index contributed by atoms with van der Waals surface area (Å²) >= 11 is 0. The highest BCUT2D eigenvalue weighted by Crippen LogP contribution is 2.60. The molecule has 11 aromatic rings. The Morgan fingerprint density at radius 3 is 1.51 bits per heavy atom. The Kier molecular flexibility index (Phi) is 9.74. The summed E-state index contributed by atoms with van der Waals surface area (Å²) in [4.78, 5) is 2.14. The van der Waals surface area contributed by atoms with E-state index in [1.807, 2.05) is 140 Å². The first-order valence-electron chi connectivity index (χ1n) is 23.8. The molecule has 2 aliphatic carbocycles. The first kappa shape index (κ1) is 43.1. The fourth-order valence-electron chi connectivity index (χ4n) is 12.0. The van der Waals surface area contributed by atoms with Gasteiger partial charge in [0.2, 0.25) is 0 Å². The van der Waals surface area contributed by atoms with Crippen LogP contribution in [-0.2, 0) is 10.8 Å². The summed E-state index contributed by atoms with van der Waals surface area (Å²) in [6, 6.07) is 66.4. The number of hydrogen-bond donors (Lipinski definition) is 0. The molecular formula is C66H41F4NO. The molecule has 2 unspecified atom stereocenters. The van der Waals surface area contributed by atoms with E-state index in [1.165, 1.54) is 6.07 Å². The number of nitrogens with zero attached hydrogens (tertiary/aromatic N) is 1. The van der Waals surface area contributed by atoms with Gasteiger partial charge in [0.15, 0.2) is 17.2 Å². The molecule has 10 aromatic carbocycles. The highest BCUT2D eigenvalue weighted by Gasteiger charge is 2.50. The molecule has 0 bridgehead atoms. The third-order valence-electron chi connectivity index (χ3n) is 15.0. The van der Waals surface area contributed by atoms with E-state index in [4.69, 9.17) is 4.42 Å². The van der Waals surface area contributed by atoms with Gasteiger partial charge in [-0.25, -0.2) is 17.6 Å². The summed E-state index contributed by atoms with van der Waals surface area (Å²) in [5.74, 6) is -3.25. The van der Waals surface area contributed by atoms with Crippen molar-refractivity contribution < 1.29 is 22.0 Å². The SMILES string of the molecule is C=Cc1ccc(C2(c3ccc(F)cc3F)c3ccccc3-c3ccc(N(c4ccc5c(c4)C(c4ccc(C=C)cc4)(c4cccc(F)c4F)c4ccccc4-5)c4cccc5c4oc4ccccc45)cc32)cc1. The van der Waals surface area contributed by atoms with Gasteiger partial charge >= 0.3 is 0 Å². The summed E-state index contributed by atoms with van der Waals surface area (Å²) in [5, 5.41) is 1.85. The second-order valence-electron chi connectivity index (χ2n) is 18.5. The molecule has 13 rings (SSSR count). The highest BCUT2D eigenvalue weighted by molar-refractivity contribution is 6.10. The van der Waals surface area contributed by atoms with Crippen molar-refractivity contribution in [1.29, 1.82) is 0 Å². The van der Waals surface area contributed by atoms with Crippen LogP contribution in [0, 0.1) is 23.3 Å². The molecule has 1 heterocycles. The number of anilines is 3. The monoisotopic (exact) mass is 939 g/mol. The first-order chi connectivity index (χ1) is 35.2. The van der Waals surface area contributed by atoms with E-state index in [2.05, 4.69) is 54.5 Å². The number of rotatable bonds is 9. The number of furan rings is 1. The Morgan fingerprint density at radius 1 is 0.403 bits per heavy atom. The van der Waals surface area contributed by atoms with E-state index in [9.17, 15) is 0 Å². The molecule has 0 radical (unpaired) electrons. The molecule has 0 amide bonds. The largest absolute Gasteiger partial charge is 0.454 e. The molecule has 0 aliphatic heterocycles. The zero-order valence-electron chi connectivity index (χ0n) is 38.6. The summed E-state index contributed by atoms with van der Waals surface area (Å²) in [6.45, 7) is 7.98. The van der Waals surface area contributed by atoms with E-state index < -0.39 is 34.1 Å². The Morgan fingerprint density at radius 2 is 0.917 bits per heavy atom. The quantitative estimate of drug-likeness (QED) is 0.134. The van der Waals surface area contributed by atoms with Gasteiger partial charge in [-0.05, 0) is 115 Å². The number of hydrogen-bond acceptors (Lipinski definition) is 2. The lowest BCUT2D eigenvalue weighted by molar-refractivity contribution is 0.488. The molecule has 72 heavy (non-hydrogen) atoms. The van der Waals surface area contributed by atoms with Crippen LogP contribution in [0.1, 0.15) is 55.6 Å². The maximum Gasteiger partial charge on any atom is 0.163 e. The Labute approximate surface area is 413 Å². The minimum atomic E-state index is -1.32. The van der Waals surface area contributed by atoms with Crippen molar-refractivity contribution in [3.05, 3.63) is 304 Å². The average molecular weight is 940 g/mol. The van der Waals surface area contributed by atoms with Crippen LogP contribution >= 0.6 is 0 Å². The summed E-state index contributed by atoms with van der Waals surface area (Å²) in [6.07, 6.45) is 3.53. The van der Waals surface area contributed by atoms with E-state index in [0.29, 0.717) is 33.8 Å². The summed E-state index contributed by atoms with van der Waals surface area (Å²) < 4.78 is 71.6. The van der Waals surface area contributed by atoms with Gasteiger partial charge < -0.3 is 9.32 Å². The van der Waals surface area contributed by atoms with Gasteiger partial charge in [0.25, 0.3) is 0 Å². The standard InChI is InChI=1S/C66H41F4NO/c1-3-40-23-27-42(28-24-40)65(55-36-31-44(67)37-60(55)69)53-17-8-5-13-47(53)49-34-32-45(38-57(49)65)71(61-21-11-16-52-51-15-7-10-22-62(51)72-64(52)61)46-33-35-50-48-14-6-9-18-54(48)66(58(50)39-46,43-29-25-41(4-2)26-30-43)56-19-12-20-59(68)63(56)70/h3-39H,1-2H2. The van der Waals surface area contributed by atoms with E-state index in [0.717, 1.165) is 89.7 Å². The van der Waals surface area contributed by atoms with Crippen LogP contribution < -0.4 is 4.90 Å². The van der Waals surface area contributed by atoms with Crippen LogP contribution in [0.15, 0.2) is 230 Å². The molecule has 0 saturated carbocycles. The molecule has 6 heteroatoms. The van der Waals surface area contributed by atoms with Crippen LogP contribution in [-0.4, -0.2) is 0 Å². The molecule has 2 nitrogen and oxygen atoms in total. The summed E-state index contributed by atoms with van der Waals surface area (Å²) in [7, 11) is 0. The predicted molar refractivity (Wildman–Crippen MR) is 283 cm³/mol. The first-order valence-corrected chi connectivity index (χ1v) is 23.8. The van der Waals surface area contributed by atoms with Crippen molar-refractivity contribution in [2.75, 3.05) is 4.90 Å². The number of halogens is 4. The Bertz CT molecular complexity index is 4040. The zero-order chi connectivity index (χ0) is 48.9. The zero-order valence-corrected chi connectivity index (χ0v) is 38.6. The van der Waals surface area contributed by atoms with Crippen LogP contribution in [0.5, 0.6) is 0 Å². The molecule has 2 atom stereocenters. The van der Waals surface area contributed by atoms with Crippen LogP contribution in [0.3, 0.4) is 0 Å². The second kappa shape index (κ2) is 16.3. The lowest BCUT2D eigenvalue weighted by Crippen LogP contribution is -2.30. The highest BCUT2D eigenvalue weighted by atomic mass is 19.2. The average Bonchev–Trinajstić information content (AvgIpc) is 4.05. The maximum atomic E-state index is 17.0. The van der Waals surface area contributed by atoms with E-state index in [1.54, 1.807) is 30.4 Å². The molecule has 344 valence electrons. The smallest absolute Gasteiger partial charge is 0.163 e. The number of para-hydroxylation sites is 2. The maximum absolute atomic E-state index is 17.0. The lowest BCUT2D eigenvalue weighted by atomic mass is 9.67. The van der Waals surface area contributed by atoms with E-state index >= 15 is 17.6 Å². The molecule has 0 fully saturated rings. The Balaban J connectivity index is 1.14. The van der Waals surface area contributed by atoms with Gasteiger partial charge in [-0.3, -0.25) is 0 Å². The minimum absolute atomic E-state index is 0.173. The van der Waals surface area contributed by atoms with Crippen molar-refractivity contribution in [3.8, 4) is 22.3 Å². The van der Waals surface area contributed by atoms with Gasteiger partial charge in [-0.2, -0.15) is 0 Å². The molecule has 0 N–H and O–H groups in total. The van der Waals surface area contributed by atoms with Crippen molar-refractivity contribution in [1.82, 2.24) is 0 Å². The van der Waals surface area contributed by atoms with Gasteiger partial charge in [0, 0.05) is 39.3 Å². The van der Waals surface area contributed by atoms with Crippen LogP contribution in [0.2, 0.25) is 0 Å². The minimum Gasteiger partial charge on any atom is -0.454 e. The molecular weight excluding hydrogens is 899 g/mol. The van der Waals surface area contributed by atoms with Crippen molar-refractivity contribution >= 4 is 51.2 Å².